The number of phenolic OH excluding ortho intramolecular Hbond substituents is 1. The highest BCUT2D eigenvalue weighted by atomic mass is 16.3. The van der Waals surface area contributed by atoms with E-state index in [2.05, 4.69) is 15.6 Å². The van der Waals surface area contributed by atoms with Gasteiger partial charge in [-0.2, -0.15) is 0 Å². The predicted molar refractivity (Wildman–Crippen MR) is 94.7 cm³/mol. The van der Waals surface area contributed by atoms with Gasteiger partial charge in [0.05, 0.1) is 5.56 Å². The minimum atomic E-state index is -0.331. The van der Waals surface area contributed by atoms with Crippen molar-refractivity contribution in [1.82, 2.24) is 4.98 Å². The highest BCUT2D eigenvalue weighted by molar-refractivity contribution is 6.05. The Balaban J connectivity index is 1.64. The molecule has 0 saturated carbocycles. The van der Waals surface area contributed by atoms with Gasteiger partial charge in [0.1, 0.15) is 5.75 Å². The predicted octanol–water partition coefficient (Wildman–Crippen LogP) is 3.29. The number of aromatic nitrogens is 1. The van der Waals surface area contributed by atoms with Crippen molar-refractivity contribution >= 4 is 23.2 Å². The van der Waals surface area contributed by atoms with Gasteiger partial charge >= 0.3 is 0 Å². The van der Waals surface area contributed by atoms with Crippen LogP contribution in [0.5, 0.6) is 5.75 Å². The largest absolute Gasteiger partial charge is 0.508 e. The molecule has 6 nitrogen and oxygen atoms in total. The smallest absolute Gasteiger partial charge is 0.257 e. The molecular weight excluding hydrogens is 318 g/mol. The Morgan fingerprint density at radius 3 is 1.96 bits per heavy atom. The van der Waals surface area contributed by atoms with E-state index in [9.17, 15) is 14.7 Å². The van der Waals surface area contributed by atoms with Crippen molar-refractivity contribution in [3.8, 4) is 5.75 Å². The molecule has 0 aliphatic heterocycles. The third-order valence-corrected chi connectivity index (χ3v) is 3.43. The minimum Gasteiger partial charge on any atom is -0.508 e. The van der Waals surface area contributed by atoms with Gasteiger partial charge in [0.15, 0.2) is 0 Å². The first-order valence-electron chi connectivity index (χ1n) is 7.54. The van der Waals surface area contributed by atoms with Crippen LogP contribution in [0.4, 0.5) is 11.4 Å². The lowest BCUT2D eigenvalue weighted by atomic mass is 10.2. The fourth-order valence-electron chi connectivity index (χ4n) is 2.19. The Hall–Kier alpha value is -3.67. The molecule has 0 saturated heterocycles. The second-order valence-electron chi connectivity index (χ2n) is 5.28. The summed E-state index contributed by atoms with van der Waals surface area (Å²) in [5.41, 5.74) is 2.00. The molecule has 0 bridgehead atoms. The van der Waals surface area contributed by atoms with Crippen LogP contribution >= 0.6 is 0 Å². The molecular formula is C19H15N3O3. The lowest BCUT2D eigenvalue weighted by molar-refractivity contribution is 0.101. The number of pyridine rings is 1. The lowest BCUT2D eigenvalue weighted by Crippen LogP contribution is -2.13. The lowest BCUT2D eigenvalue weighted by Gasteiger charge is -2.08. The monoisotopic (exact) mass is 333 g/mol. The molecule has 3 rings (SSSR count). The SMILES string of the molecule is O=C(Nc1ccc(NC(=O)c2cccc(O)c2)cc1)c1cccnc1. The summed E-state index contributed by atoms with van der Waals surface area (Å²) >= 11 is 0. The van der Waals surface area contributed by atoms with Crippen LogP contribution in [0.15, 0.2) is 73.1 Å². The average Bonchev–Trinajstić information content (AvgIpc) is 2.64. The molecule has 3 aromatic rings. The molecule has 3 N–H and O–H groups in total. The number of nitrogens with one attached hydrogen (secondary N) is 2. The molecule has 0 unspecified atom stereocenters. The van der Waals surface area contributed by atoms with E-state index >= 15 is 0 Å². The first-order valence-corrected chi connectivity index (χ1v) is 7.54. The molecule has 0 radical (unpaired) electrons. The van der Waals surface area contributed by atoms with Crippen molar-refractivity contribution < 1.29 is 14.7 Å². The van der Waals surface area contributed by atoms with Crippen LogP contribution in [0.2, 0.25) is 0 Å². The second-order valence-corrected chi connectivity index (χ2v) is 5.28. The summed E-state index contributed by atoms with van der Waals surface area (Å²) in [6, 6.07) is 16.2. The van der Waals surface area contributed by atoms with Gasteiger partial charge in [-0.3, -0.25) is 14.6 Å². The van der Waals surface area contributed by atoms with E-state index < -0.39 is 0 Å². The number of anilines is 2. The number of benzene rings is 2. The Kier molecular flexibility index (Phi) is 4.71. The Morgan fingerprint density at radius 2 is 1.40 bits per heavy atom. The summed E-state index contributed by atoms with van der Waals surface area (Å²) in [7, 11) is 0. The van der Waals surface area contributed by atoms with Gasteiger partial charge in [-0.05, 0) is 54.6 Å². The minimum absolute atomic E-state index is 0.0288. The molecule has 6 heteroatoms. The van der Waals surface area contributed by atoms with Crippen LogP contribution in [-0.4, -0.2) is 21.9 Å². The molecule has 0 aliphatic carbocycles. The molecule has 1 heterocycles. The number of carbonyl (C=O) groups is 2. The van der Waals surface area contributed by atoms with Crippen molar-refractivity contribution in [2.75, 3.05) is 10.6 Å². The summed E-state index contributed by atoms with van der Waals surface area (Å²) in [5, 5.41) is 14.9. The van der Waals surface area contributed by atoms with E-state index in [1.54, 1.807) is 54.7 Å². The van der Waals surface area contributed by atoms with Gasteiger partial charge in [0.2, 0.25) is 0 Å². The van der Waals surface area contributed by atoms with Crippen LogP contribution in [0, 0.1) is 0 Å². The van der Waals surface area contributed by atoms with Crippen molar-refractivity contribution in [3.63, 3.8) is 0 Å². The maximum atomic E-state index is 12.1. The van der Waals surface area contributed by atoms with Gasteiger partial charge in [-0.25, -0.2) is 0 Å². The number of phenols is 1. The van der Waals surface area contributed by atoms with E-state index in [-0.39, 0.29) is 17.6 Å². The topological polar surface area (TPSA) is 91.3 Å². The highest BCUT2D eigenvalue weighted by Crippen LogP contribution is 2.17. The summed E-state index contributed by atoms with van der Waals surface area (Å²) in [6.07, 6.45) is 3.08. The standard InChI is InChI=1S/C19H15N3O3/c23-17-5-1-3-13(11-17)18(24)21-15-6-8-16(9-7-15)22-19(25)14-4-2-10-20-12-14/h1-12,23H,(H,21,24)(H,22,25). The normalized spacial score (nSPS) is 10.1. The molecule has 0 spiro atoms. The number of hydrogen-bond acceptors (Lipinski definition) is 4. The van der Waals surface area contributed by atoms with Crippen molar-refractivity contribution in [2.45, 2.75) is 0 Å². The summed E-state index contributed by atoms with van der Waals surface area (Å²) in [5.74, 6) is -0.561. The highest BCUT2D eigenvalue weighted by Gasteiger charge is 2.08. The number of amides is 2. The Labute approximate surface area is 144 Å². The average molecular weight is 333 g/mol. The number of hydrogen-bond donors (Lipinski definition) is 3. The van der Waals surface area contributed by atoms with Crippen LogP contribution in [0.3, 0.4) is 0 Å². The van der Waals surface area contributed by atoms with Crippen molar-refractivity contribution in [2.24, 2.45) is 0 Å². The van der Waals surface area contributed by atoms with E-state index in [0.717, 1.165) is 0 Å². The fraction of sp³-hybridized carbons (Fsp3) is 0. The van der Waals surface area contributed by atoms with Crippen LogP contribution in [0.1, 0.15) is 20.7 Å². The zero-order chi connectivity index (χ0) is 17.6. The van der Waals surface area contributed by atoms with Crippen molar-refractivity contribution in [1.29, 1.82) is 0 Å². The fourth-order valence-corrected chi connectivity index (χ4v) is 2.19. The number of carbonyl (C=O) groups excluding carboxylic acids is 2. The third-order valence-electron chi connectivity index (χ3n) is 3.43. The van der Waals surface area contributed by atoms with Crippen LogP contribution in [0.25, 0.3) is 0 Å². The van der Waals surface area contributed by atoms with Gasteiger partial charge in [0.25, 0.3) is 11.8 Å². The third kappa shape index (κ3) is 4.20. The molecule has 25 heavy (non-hydrogen) atoms. The van der Waals surface area contributed by atoms with Crippen LogP contribution in [-0.2, 0) is 0 Å². The van der Waals surface area contributed by atoms with Gasteiger partial charge in [0, 0.05) is 29.3 Å². The number of rotatable bonds is 4. The summed E-state index contributed by atoms with van der Waals surface area (Å²) in [4.78, 5) is 28.1. The van der Waals surface area contributed by atoms with E-state index in [1.807, 2.05) is 0 Å². The Morgan fingerprint density at radius 1 is 0.800 bits per heavy atom. The van der Waals surface area contributed by atoms with Crippen LogP contribution < -0.4 is 10.6 Å². The molecule has 0 atom stereocenters. The second kappa shape index (κ2) is 7.27. The maximum absolute atomic E-state index is 12.1. The van der Waals surface area contributed by atoms with E-state index in [0.29, 0.717) is 22.5 Å². The number of aromatic hydroxyl groups is 1. The number of nitrogens with zero attached hydrogens (tertiary/aromatic N) is 1. The molecule has 2 aromatic carbocycles. The Bertz CT molecular complexity index is 893. The summed E-state index contributed by atoms with van der Waals surface area (Å²) in [6.45, 7) is 0. The van der Waals surface area contributed by atoms with Gasteiger partial charge < -0.3 is 15.7 Å². The molecule has 0 fully saturated rings. The van der Waals surface area contributed by atoms with E-state index in [1.165, 1.54) is 18.3 Å². The maximum Gasteiger partial charge on any atom is 0.257 e. The zero-order valence-corrected chi connectivity index (χ0v) is 13.1. The molecule has 124 valence electrons. The van der Waals surface area contributed by atoms with Gasteiger partial charge in [-0.1, -0.05) is 6.07 Å². The first-order chi connectivity index (χ1) is 12.1. The molecule has 0 aliphatic rings. The van der Waals surface area contributed by atoms with Crippen molar-refractivity contribution in [3.05, 3.63) is 84.2 Å². The zero-order valence-electron chi connectivity index (χ0n) is 13.1. The van der Waals surface area contributed by atoms with Gasteiger partial charge in [-0.15, -0.1) is 0 Å². The molecule has 2 amide bonds. The summed E-state index contributed by atoms with van der Waals surface area (Å²) < 4.78 is 0. The quantitative estimate of drug-likeness (QED) is 0.683. The molecule has 1 aromatic heterocycles. The first kappa shape index (κ1) is 16.2. The van der Waals surface area contributed by atoms with E-state index in [4.69, 9.17) is 0 Å².